The van der Waals surface area contributed by atoms with Gasteiger partial charge in [-0.25, -0.2) is 9.99 Å². The summed E-state index contributed by atoms with van der Waals surface area (Å²) >= 11 is 0. The molecular weight excluding hydrogens is 306 g/mol. The van der Waals surface area contributed by atoms with Crippen molar-refractivity contribution in [2.24, 2.45) is 5.10 Å². The Morgan fingerprint density at radius 1 is 1.33 bits per heavy atom. The van der Waals surface area contributed by atoms with E-state index in [1.807, 2.05) is 42.0 Å². The van der Waals surface area contributed by atoms with E-state index < -0.39 is 0 Å². The molecule has 0 radical (unpaired) electrons. The average molecular weight is 325 g/mol. The van der Waals surface area contributed by atoms with Crippen LogP contribution >= 0.6 is 0 Å². The molecule has 0 spiro atoms. The van der Waals surface area contributed by atoms with E-state index in [2.05, 4.69) is 15.4 Å². The molecule has 0 bridgehead atoms. The van der Waals surface area contributed by atoms with Gasteiger partial charge >= 0.3 is 0 Å². The van der Waals surface area contributed by atoms with Crippen molar-refractivity contribution < 1.29 is 9.59 Å². The number of aromatic nitrogens is 2. The van der Waals surface area contributed by atoms with E-state index in [1.54, 1.807) is 12.5 Å². The predicted octanol–water partition coefficient (Wildman–Crippen LogP) is 1.49. The third-order valence-corrected chi connectivity index (χ3v) is 3.76. The van der Waals surface area contributed by atoms with Crippen molar-refractivity contribution in [3.8, 4) is 0 Å². The molecule has 1 aromatic heterocycles. The van der Waals surface area contributed by atoms with Crippen LogP contribution in [0.4, 0.5) is 5.69 Å². The average Bonchev–Trinajstić information content (AvgIpc) is 3.08. The topological polar surface area (TPSA) is 79.6 Å². The number of carbonyl (C=O) groups excluding carboxylic acids is 2. The van der Waals surface area contributed by atoms with Gasteiger partial charge in [-0.15, -0.1) is 0 Å². The lowest BCUT2D eigenvalue weighted by Crippen LogP contribution is -2.40. The first-order valence-electron chi connectivity index (χ1n) is 7.84. The first-order valence-corrected chi connectivity index (χ1v) is 7.84. The van der Waals surface area contributed by atoms with Crippen LogP contribution in [0.1, 0.15) is 18.4 Å². The molecule has 0 saturated heterocycles. The lowest BCUT2D eigenvalue weighted by molar-refractivity contribution is -0.118. The molecule has 1 N–H and O–H groups in total. The third-order valence-electron chi connectivity index (χ3n) is 3.76. The molecule has 3 rings (SSSR count). The van der Waals surface area contributed by atoms with Crippen molar-refractivity contribution in [3.05, 3.63) is 48.5 Å². The van der Waals surface area contributed by atoms with E-state index in [4.69, 9.17) is 0 Å². The van der Waals surface area contributed by atoms with Crippen LogP contribution in [0.3, 0.4) is 0 Å². The van der Waals surface area contributed by atoms with Gasteiger partial charge in [-0.1, -0.05) is 12.1 Å². The summed E-state index contributed by atoms with van der Waals surface area (Å²) in [6.07, 6.45) is 5.86. The van der Waals surface area contributed by atoms with Gasteiger partial charge in [0, 0.05) is 38.3 Å². The minimum absolute atomic E-state index is 0.101. The number of nitrogens with one attached hydrogen (secondary N) is 1. The summed E-state index contributed by atoms with van der Waals surface area (Å²) in [7, 11) is 0. The summed E-state index contributed by atoms with van der Waals surface area (Å²) in [5.41, 5.74) is 2.09. The lowest BCUT2D eigenvalue weighted by Gasteiger charge is -2.23. The van der Waals surface area contributed by atoms with Gasteiger partial charge in [0.25, 0.3) is 5.91 Å². The largest absolute Gasteiger partial charge is 0.349 e. The van der Waals surface area contributed by atoms with Crippen LogP contribution in [0, 0.1) is 6.92 Å². The molecule has 0 fully saturated rings. The maximum atomic E-state index is 12.3. The van der Waals surface area contributed by atoms with Gasteiger partial charge in [0.2, 0.25) is 5.91 Å². The monoisotopic (exact) mass is 325 g/mol. The smallest absolute Gasteiger partial charge is 0.267 e. The lowest BCUT2D eigenvalue weighted by atomic mass is 10.1. The van der Waals surface area contributed by atoms with Crippen LogP contribution in [0.25, 0.3) is 0 Å². The number of hydrazone groups is 1. The van der Waals surface area contributed by atoms with E-state index in [0.717, 1.165) is 5.56 Å². The molecule has 0 atom stereocenters. The zero-order valence-corrected chi connectivity index (χ0v) is 13.5. The van der Waals surface area contributed by atoms with Crippen molar-refractivity contribution >= 4 is 23.2 Å². The number of carbonyl (C=O) groups is 2. The Kier molecular flexibility index (Phi) is 4.69. The molecule has 2 aromatic rings. The summed E-state index contributed by atoms with van der Waals surface area (Å²) in [6.45, 7) is 3.07. The highest BCUT2D eigenvalue weighted by Gasteiger charge is 2.25. The molecule has 7 nitrogen and oxygen atoms in total. The Balaban J connectivity index is 1.66. The molecule has 2 amide bonds. The molecule has 0 saturated carbocycles. The fourth-order valence-electron chi connectivity index (χ4n) is 2.50. The number of aryl methyl sites for hydroxylation is 1. The minimum atomic E-state index is -0.236. The Morgan fingerprint density at radius 2 is 2.21 bits per heavy atom. The quantitative estimate of drug-likeness (QED) is 0.904. The molecule has 24 heavy (non-hydrogen) atoms. The van der Waals surface area contributed by atoms with Crippen molar-refractivity contribution in [2.45, 2.75) is 26.3 Å². The fourth-order valence-corrected chi connectivity index (χ4v) is 2.50. The summed E-state index contributed by atoms with van der Waals surface area (Å²) in [5, 5.41) is 8.41. The Labute approximate surface area is 140 Å². The number of hydrogen-bond acceptors (Lipinski definition) is 4. The van der Waals surface area contributed by atoms with Crippen LogP contribution in [0.15, 0.2) is 48.1 Å². The predicted molar refractivity (Wildman–Crippen MR) is 90.6 cm³/mol. The van der Waals surface area contributed by atoms with Gasteiger partial charge in [-0.05, 0) is 24.6 Å². The summed E-state index contributed by atoms with van der Waals surface area (Å²) in [4.78, 5) is 28.3. The highest BCUT2D eigenvalue weighted by molar-refractivity contribution is 6.40. The molecule has 2 heterocycles. The van der Waals surface area contributed by atoms with Crippen LogP contribution in [-0.4, -0.2) is 33.6 Å². The van der Waals surface area contributed by atoms with Crippen LogP contribution in [-0.2, 0) is 16.1 Å². The second kappa shape index (κ2) is 7.08. The van der Waals surface area contributed by atoms with Crippen molar-refractivity contribution in [1.82, 2.24) is 14.9 Å². The van der Waals surface area contributed by atoms with Gasteiger partial charge in [0.1, 0.15) is 5.71 Å². The number of rotatable bonds is 5. The highest BCUT2D eigenvalue weighted by Crippen LogP contribution is 2.21. The maximum Gasteiger partial charge on any atom is 0.267 e. The number of nitrogens with zero attached hydrogens (tertiary/aromatic N) is 4. The summed E-state index contributed by atoms with van der Waals surface area (Å²) in [5.74, 6) is -0.337. The molecule has 1 aliphatic rings. The van der Waals surface area contributed by atoms with Gasteiger partial charge in [0.15, 0.2) is 0 Å². The first-order chi connectivity index (χ1) is 11.6. The Hall–Kier alpha value is -2.96. The van der Waals surface area contributed by atoms with Crippen molar-refractivity contribution in [3.63, 3.8) is 0 Å². The Morgan fingerprint density at radius 3 is 2.96 bits per heavy atom. The van der Waals surface area contributed by atoms with Gasteiger partial charge in [0.05, 0.1) is 12.0 Å². The number of hydrogen-bond donors (Lipinski definition) is 1. The van der Waals surface area contributed by atoms with Gasteiger partial charge in [-0.3, -0.25) is 9.59 Å². The van der Waals surface area contributed by atoms with Gasteiger partial charge < -0.3 is 9.88 Å². The third kappa shape index (κ3) is 3.68. The molecule has 0 aliphatic carbocycles. The molecule has 1 aromatic carbocycles. The summed E-state index contributed by atoms with van der Waals surface area (Å²) in [6, 6.07) is 7.51. The van der Waals surface area contributed by atoms with Crippen LogP contribution in [0.5, 0.6) is 0 Å². The zero-order chi connectivity index (χ0) is 16.9. The second-order valence-corrected chi connectivity index (χ2v) is 5.65. The van der Waals surface area contributed by atoms with Crippen LogP contribution < -0.4 is 10.3 Å². The molecule has 0 unspecified atom stereocenters. The number of benzene rings is 1. The van der Waals surface area contributed by atoms with Crippen molar-refractivity contribution in [2.75, 3.05) is 11.6 Å². The molecule has 124 valence electrons. The number of amides is 2. The fraction of sp³-hybridized carbons (Fsp3) is 0.294. The van der Waals surface area contributed by atoms with Crippen molar-refractivity contribution in [1.29, 1.82) is 0 Å². The zero-order valence-electron chi connectivity index (χ0n) is 13.5. The van der Waals surface area contributed by atoms with E-state index in [-0.39, 0.29) is 18.2 Å². The standard InChI is InChI=1S/C17H19N5O2/c1-13-3-2-4-14(11-13)22-16(23)6-5-15(20-22)17(24)19-8-10-21-9-7-18-12-21/h2-4,7,9,11-12H,5-6,8,10H2,1H3,(H,19,24). The van der Waals surface area contributed by atoms with E-state index >= 15 is 0 Å². The first kappa shape index (κ1) is 15.9. The molecule has 7 heteroatoms. The maximum absolute atomic E-state index is 12.3. The van der Waals surface area contributed by atoms with Gasteiger partial charge in [-0.2, -0.15) is 5.10 Å². The molecular formula is C17H19N5O2. The molecule has 1 aliphatic heterocycles. The number of anilines is 1. The summed E-state index contributed by atoms with van der Waals surface area (Å²) < 4.78 is 1.88. The number of imidazole rings is 1. The Bertz CT molecular complexity index is 767. The minimum Gasteiger partial charge on any atom is -0.349 e. The van der Waals surface area contributed by atoms with E-state index in [1.165, 1.54) is 5.01 Å². The van der Waals surface area contributed by atoms with E-state index in [9.17, 15) is 9.59 Å². The van der Waals surface area contributed by atoms with Crippen LogP contribution in [0.2, 0.25) is 0 Å². The highest BCUT2D eigenvalue weighted by atomic mass is 16.2. The normalized spacial score (nSPS) is 14.5. The SMILES string of the molecule is Cc1cccc(N2N=C(C(=O)NCCn3ccnc3)CCC2=O)c1. The second-order valence-electron chi connectivity index (χ2n) is 5.65. The van der Waals surface area contributed by atoms with E-state index in [0.29, 0.717) is 30.9 Å².